The summed E-state index contributed by atoms with van der Waals surface area (Å²) in [4.78, 5) is 52.8. The molecule has 2 atom stereocenters. The summed E-state index contributed by atoms with van der Waals surface area (Å²) in [5.74, 6) is -1.93. The molecule has 0 bridgehead atoms. The minimum Gasteiger partial charge on any atom is -0.367 e. The number of anilines is 1. The van der Waals surface area contributed by atoms with Crippen LogP contribution in [0.4, 0.5) is 5.69 Å². The molecule has 4 rings (SSSR count). The molecular weight excluding hydrogens is 348 g/mol. The number of nitrogens with two attached hydrogens (primary N) is 1. The SMILES string of the molecule is NCC1CCCCN1c1cccc2c1C(=O)N(C1CCC(=O)NC1=O)C2=O. The van der Waals surface area contributed by atoms with Crippen LogP contribution in [0.3, 0.4) is 0 Å². The molecule has 8 nitrogen and oxygen atoms in total. The van der Waals surface area contributed by atoms with E-state index in [-0.39, 0.29) is 24.8 Å². The van der Waals surface area contributed by atoms with E-state index in [1.54, 1.807) is 12.1 Å². The maximum absolute atomic E-state index is 13.2. The van der Waals surface area contributed by atoms with Crippen molar-refractivity contribution in [2.75, 3.05) is 18.0 Å². The van der Waals surface area contributed by atoms with Gasteiger partial charge in [0, 0.05) is 25.6 Å². The second-order valence-electron chi connectivity index (χ2n) is 7.23. The Hall–Kier alpha value is -2.74. The summed E-state index contributed by atoms with van der Waals surface area (Å²) in [5.41, 5.74) is 7.28. The molecule has 0 aromatic heterocycles. The van der Waals surface area contributed by atoms with Crippen molar-refractivity contribution in [2.45, 2.75) is 44.2 Å². The lowest BCUT2D eigenvalue weighted by Gasteiger charge is -2.37. The van der Waals surface area contributed by atoms with Crippen LogP contribution in [-0.4, -0.2) is 53.7 Å². The first-order valence-electron chi connectivity index (χ1n) is 9.34. The number of nitrogens with zero attached hydrogens (tertiary/aromatic N) is 2. The summed E-state index contributed by atoms with van der Waals surface area (Å²) in [7, 11) is 0. The van der Waals surface area contributed by atoms with Gasteiger partial charge in [-0.15, -0.1) is 0 Å². The van der Waals surface area contributed by atoms with Crippen LogP contribution < -0.4 is 16.0 Å². The van der Waals surface area contributed by atoms with Gasteiger partial charge >= 0.3 is 0 Å². The molecule has 4 amide bonds. The molecule has 0 saturated carbocycles. The van der Waals surface area contributed by atoms with Crippen molar-refractivity contribution in [3.63, 3.8) is 0 Å². The molecular formula is C19H22N4O4. The monoisotopic (exact) mass is 370 g/mol. The summed E-state index contributed by atoms with van der Waals surface area (Å²) < 4.78 is 0. The van der Waals surface area contributed by atoms with Crippen LogP contribution in [0.2, 0.25) is 0 Å². The van der Waals surface area contributed by atoms with E-state index in [9.17, 15) is 19.2 Å². The predicted molar refractivity (Wildman–Crippen MR) is 97.2 cm³/mol. The van der Waals surface area contributed by atoms with Gasteiger partial charge in [0.05, 0.1) is 16.8 Å². The van der Waals surface area contributed by atoms with Crippen LogP contribution >= 0.6 is 0 Å². The molecule has 1 aromatic rings. The lowest BCUT2D eigenvalue weighted by molar-refractivity contribution is -0.136. The maximum Gasteiger partial charge on any atom is 0.264 e. The number of imide groups is 2. The first-order chi connectivity index (χ1) is 13.0. The largest absolute Gasteiger partial charge is 0.367 e. The number of hydrogen-bond acceptors (Lipinski definition) is 6. The van der Waals surface area contributed by atoms with E-state index in [2.05, 4.69) is 10.2 Å². The molecule has 2 unspecified atom stereocenters. The molecule has 1 aromatic carbocycles. The minimum absolute atomic E-state index is 0.109. The van der Waals surface area contributed by atoms with Gasteiger partial charge in [0.2, 0.25) is 11.8 Å². The molecule has 3 N–H and O–H groups in total. The number of nitrogens with one attached hydrogen (secondary N) is 1. The Kier molecular flexibility index (Phi) is 4.43. The van der Waals surface area contributed by atoms with Gasteiger partial charge in [-0.2, -0.15) is 0 Å². The summed E-state index contributed by atoms with van der Waals surface area (Å²) >= 11 is 0. The van der Waals surface area contributed by atoms with Crippen molar-refractivity contribution < 1.29 is 19.2 Å². The third kappa shape index (κ3) is 2.80. The lowest BCUT2D eigenvalue weighted by atomic mass is 9.98. The summed E-state index contributed by atoms with van der Waals surface area (Å²) in [6.07, 6.45) is 3.29. The van der Waals surface area contributed by atoms with Crippen molar-refractivity contribution in [3.05, 3.63) is 29.3 Å². The Labute approximate surface area is 156 Å². The maximum atomic E-state index is 13.2. The van der Waals surface area contributed by atoms with Crippen molar-refractivity contribution >= 4 is 29.3 Å². The second kappa shape index (κ2) is 6.77. The fourth-order valence-corrected chi connectivity index (χ4v) is 4.30. The van der Waals surface area contributed by atoms with Gasteiger partial charge < -0.3 is 10.6 Å². The number of benzene rings is 1. The number of rotatable bonds is 3. The third-order valence-corrected chi connectivity index (χ3v) is 5.65. The molecule has 3 heterocycles. The van der Waals surface area contributed by atoms with Gasteiger partial charge in [-0.05, 0) is 37.8 Å². The average Bonchev–Trinajstić information content (AvgIpc) is 2.93. The highest BCUT2D eigenvalue weighted by Gasteiger charge is 2.46. The van der Waals surface area contributed by atoms with E-state index in [0.29, 0.717) is 23.4 Å². The predicted octanol–water partition coefficient (Wildman–Crippen LogP) is 0.405. The fourth-order valence-electron chi connectivity index (χ4n) is 4.30. The quantitative estimate of drug-likeness (QED) is 0.745. The number of fused-ring (bicyclic) bond motifs is 1. The normalized spacial score (nSPS) is 25.7. The molecule has 8 heteroatoms. The number of carbonyl (C=O) groups is 4. The highest BCUT2D eigenvalue weighted by molar-refractivity contribution is 6.25. The summed E-state index contributed by atoms with van der Waals surface area (Å²) in [6, 6.07) is 4.39. The number of carbonyl (C=O) groups excluding carboxylic acids is 4. The molecule has 0 radical (unpaired) electrons. The highest BCUT2D eigenvalue weighted by atomic mass is 16.2. The third-order valence-electron chi connectivity index (χ3n) is 5.65. The fraction of sp³-hybridized carbons (Fsp3) is 0.474. The van der Waals surface area contributed by atoms with Crippen LogP contribution in [-0.2, 0) is 9.59 Å². The molecule has 27 heavy (non-hydrogen) atoms. The Morgan fingerprint density at radius 1 is 1.07 bits per heavy atom. The average molecular weight is 370 g/mol. The summed E-state index contributed by atoms with van der Waals surface area (Å²) in [6.45, 7) is 1.25. The number of piperidine rings is 2. The van der Waals surface area contributed by atoms with Crippen LogP contribution in [0.25, 0.3) is 0 Å². The van der Waals surface area contributed by atoms with Gasteiger partial charge in [-0.1, -0.05) is 6.07 Å². The van der Waals surface area contributed by atoms with Crippen molar-refractivity contribution in [3.8, 4) is 0 Å². The number of hydrogen-bond donors (Lipinski definition) is 2. The zero-order chi connectivity index (χ0) is 19.1. The first-order valence-corrected chi connectivity index (χ1v) is 9.34. The molecule has 2 saturated heterocycles. The zero-order valence-electron chi connectivity index (χ0n) is 14.9. The van der Waals surface area contributed by atoms with E-state index in [1.165, 1.54) is 0 Å². The molecule has 2 fully saturated rings. The number of amides is 4. The first kappa shape index (κ1) is 17.7. The van der Waals surface area contributed by atoms with Crippen LogP contribution in [0, 0.1) is 0 Å². The molecule has 142 valence electrons. The van der Waals surface area contributed by atoms with E-state index in [1.807, 2.05) is 6.07 Å². The summed E-state index contributed by atoms with van der Waals surface area (Å²) in [5, 5.41) is 2.22. The van der Waals surface area contributed by atoms with E-state index in [4.69, 9.17) is 5.73 Å². The standard InChI is InChI=1S/C19H22N4O4/c20-10-11-4-1-2-9-22(11)13-6-3-5-12-16(13)19(27)23(18(12)26)14-7-8-15(24)21-17(14)25/h3,5-6,11,14H,1-2,4,7-10,20H2,(H,21,24,25). The van der Waals surface area contributed by atoms with Gasteiger partial charge in [0.15, 0.2) is 0 Å². The van der Waals surface area contributed by atoms with E-state index >= 15 is 0 Å². The van der Waals surface area contributed by atoms with Gasteiger partial charge in [-0.25, -0.2) is 0 Å². The van der Waals surface area contributed by atoms with Gasteiger partial charge in [-0.3, -0.25) is 29.4 Å². The molecule has 0 spiro atoms. The van der Waals surface area contributed by atoms with Crippen molar-refractivity contribution in [1.29, 1.82) is 0 Å². The van der Waals surface area contributed by atoms with Crippen LogP contribution in [0.1, 0.15) is 52.8 Å². The Morgan fingerprint density at radius 3 is 2.63 bits per heavy atom. The van der Waals surface area contributed by atoms with Crippen LogP contribution in [0.15, 0.2) is 18.2 Å². The Balaban J connectivity index is 1.71. The molecule has 0 aliphatic carbocycles. The Bertz CT molecular complexity index is 837. The molecule has 3 aliphatic rings. The van der Waals surface area contributed by atoms with Crippen molar-refractivity contribution in [1.82, 2.24) is 10.2 Å². The highest BCUT2D eigenvalue weighted by Crippen LogP contribution is 2.36. The topological polar surface area (TPSA) is 113 Å². The second-order valence-corrected chi connectivity index (χ2v) is 7.23. The van der Waals surface area contributed by atoms with Gasteiger partial charge in [0.1, 0.15) is 6.04 Å². The van der Waals surface area contributed by atoms with Crippen molar-refractivity contribution in [2.24, 2.45) is 5.73 Å². The van der Waals surface area contributed by atoms with Crippen LogP contribution in [0.5, 0.6) is 0 Å². The minimum atomic E-state index is -0.949. The molecule has 3 aliphatic heterocycles. The smallest absolute Gasteiger partial charge is 0.264 e. The van der Waals surface area contributed by atoms with E-state index < -0.39 is 23.8 Å². The Morgan fingerprint density at radius 2 is 1.89 bits per heavy atom. The van der Waals surface area contributed by atoms with E-state index in [0.717, 1.165) is 30.7 Å². The zero-order valence-corrected chi connectivity index (χ0v) is 14.9. The van der Waals surface area contributed by atoms with Gasteiger partial charge in [0.25, 0.3) is 11.8 Å². The lowest BCUT2D eigenvalue weighted by Crippen LogP contribution is -2.54.